The zero-order chi connectivity index (χ0) is 14.8. The predicted octanol–water partition coefficient (Wildman–Crippen LogP) is 3.32. The van der Waals surface area contributed by atoms with Crippen molar-refractivity contribution in [1.82, 2.24) is 4.98 Å². The Labute approximate surface area is 112 Å². The zero-order valence-corrected chi connectivity index (χ0v) is 10.1. The number of hydrogen-bond acceptors (Lipinski definition) is 3. The molecule has 0 aliphatic carbocycles. The highest BCUT2D eigenvalue weighted by Crippen LogP contribution is 2.31. The molecule has 1 heterocycles. The largest absolute Gasteiger partial charge is 0.433 e. The molecule has 1 aromatic heterocycles. The number of alkyl halides is 3. The van der Waals surface area contributed by atoms with Crippen molar-refractivity contribution in [1.29, 1.82) is 5.26 Å². The highest BCUT2D eigenvalue weighted by atomic mass is 19.4. The smallest absolute Gasteiger partial charge is 0.374 e. The average Bonchev–Trinajstić information content (AvgIpc) is 2.45. The Bertz CT molecular complexity index is 645. The van der Waals surface area contributed by atoms with Crippen molar-refractivity contribution < 1.29 is 18.3 Å². The maximum atomic E-state index is 12.4. The molecule has 0 spiro atoms. The van der Waals surface area contributed by atoms with Gasteiger partial charge in [-0.15, -0.1) is 0 Å². The van der Waals surface area contributed by atoms with Gasteiger partial charge in [0.25, 0.3) is 0 Å². The van der Waals surface area contributed by atoms with Gasteiger partial charge in [-0.25, -0.2) is 0 Å². The SMILES string of the molecule is N#CC(O)c1ccccc1-c1ccc(C(F)(F)F)nc1. The molecule has 6 heteroatoms. The minimum Gasteiger partial charge on any atom is -0.374 e. The van der Waals surface area contributed by atoms with Gasteiger partial charge < -0.3 is 5.11 Å². The third-order valence-corrected chi connectivity index (χ3v) is 2.74. The van der Waals surface area contributed by atoms with E-state index < -0.39 is 18.0 Å². The molecule has 0 amide bonds. The normalized spacial score (nSPS) is 12.8. The molecule has 0 fully saturated rings. The van der Waals surface area contributed by atoms with Crippen LogP contribution in [0, 0.1) is 11.3 Å². The maximum absolute atomic E-state index is 12.4. The lowest BCUT2D eigenvalue weighted by Gasteiger charge is -2.11. The van der Waals surface area contributed by atoms with Crippen LogP contribution in [0.15, 0.2) is 42.6 Å². The van der Waals surface area contributed by atoms with E-state index in [0.29, 0.717) is 16.7 Å². The molecule has 0 radical (unpaired) electrons. The molecule has 0 saturated heterocycles. The molecule has 0 bridgehead atoms. The van der Waals surface area contributed by atoms with E-state index in [0.717, 1.165) is 12.3 Å². The number of hydrogen-bond donors (Lipinski definition) is 1. The van der Waals surface area contributed by atoms with Gasteiger partial charge in [-0.3, -0.25) is 4.98 Å². The number of nitriles is 1. The van der Waals surface area contributed by atoms with Crippen molar-refractivity contribution >= 4 is 0 Å². The summed E-state index contributed by atoms with van der Waals surface area (Å²) in [5, 5.41) is 18.3. The van der Waals surface area contributed by atoms with Crippen molar-refractivity contribution in [3.8, 4) is 17.2 Å². The van der Waals surface area contributed by atoms with Crippen molar-refractivity contribution in [3.05, 3.63) is 53.9 Å². The third kappa shape index (κ3) is 2.78. The van der Waals surface area contributed by atoms with Crippen LogP contribution in [-0.4, -0.2) is 10.1 Å². The first kappa shape index (κ1) is 14.0. The van der Waals surface area contributed by atoms with Crippen LogP contribution in [0.4, 0.5) is 13.2 Å². The lowest BCUT2D eigenvalue weighted by Crippen LogP contribution is -2.07. The second kappa shape index (κ2) is 5.31. The Hall–Kier alpha value is -2.39. The molecule has 1 aromatic carbocycles. The number of rotatable bonds is 2. The first-order valence-electron chi connectivity index (χ1n) is 5.63. The standard InChI is InChI=1S/C14H9F3N2O/c15-14(16,17)13-6-5-9(8-19-13)10-3-1-2-4-11(10)12(20)7-18/h1-6,8,12,20H. The molecule has 0 aliphatic rings. The number of aliphatic hydroxyl groups excluding tert-OH is 1. The predicted molar refractivity (Wildman–Crippen MR) is 65.2 cm³/mol. The maximum Gasteiger partial charge on any atom is 0.433 e. The number of aromatic nitrogens is 1. The van der Waals surface area contributed by atoms with Crippen LogP contribution in [0.25, 0.3) is 11.1 Å². The number of halogens is 3. The van der Waals surface area contributed by atoms with Crippen molar-refractivity contribution in [2.75, 3.05) is 0 Å². The van der Waals surface area contributed by atoms with Crippen LogP contribution in [0.5, 0.6) is 0 Å². The van der Waals surface area contributed by atoms with Gasteiger partial charge in [0, 0.05) is 17.3 Å². The second-order valence-electron chi connectivity index (χ2n) is 4.05. The fraction of sp³-hybridized carbons (Fsp3) is 0.143. The topological polar surface area (TPSA) is 56.9 Å². The van der Waals surface area contributed by atoms with Crippen LogP contribution in [0.3, 0.4) is 0 Å². The summed E-state index contributed by atoms with van der Waals surface area (Å²) in [4.78, 5) is 3.36. The lowest BCUT2D eigenvalue weighted by atomic mass is 9.97. The Balaban J connectivity index is 2.46. The average molecular weight is 278 g/mol. The van der Waals surface area contributed by atoms with Gasteiger partial charge >= 0.3 is 6.18 Å². The summed E-state index contributed by atoms with van der Waals surface area (Å²) >= 11 is 0. The summed E-state index contributed by atoms with van der Waals surface area (Å²) in [6.07, 6.45) is -4.76. The summed E-state index contributed by atoms with van der Waals surface area (Å²) in [7, 11) is 0. The number of nitrogens with zero attached hydrogens (tertiary/aromatic N) is 2. The Kier molecular flexibility index (Phi) is 3.72. The Morgan fingerprint density at radius 3 is 2.40 bits per heavy atom. The molecule has 20 heavy (non-hydrogen) atoms. The zero-order valence-electron chi connectivity index (χ0n) is 10.1. The molecule has 102 valence electrons. The second-order valence-corrected chi connectivity index (χ2v) is 4.05. The number of pyridine rings is 1. The molecule has 1 unspecified atom stereocenters. The highest BCUT2D eigenvalue weighted by Gasteiger charge is 2.32. The molecule has 2 aromatic rings. The molecule has 1 N–H and O–H groups in total. The fourth-order valence-corrected chi connectivity index (χ4v) is 1.79. The molecule has 2 rings (SSSR count). The summed E-state index contributed by atoms with van der Waals surface area (Å²) in [6.45, 7) is 0. The molecule has 3 nitrogen and oxygen atoms in total. The monoisotopic (exact) mass is 278 g/mol. The third-order valence-electron chi connectivity index (χ3n) is 2.74. The summed E-state index contributed by atoms with van der Waals surface area (Å²) < 4.78 is 37.3. The van der Waals surface area contributed by atoms with E-state index in [-0.39, 0.29) is 0 Å². The van der Waals surface area contributed by atoms with Crippen LogP contribution >= 0.6 is 0 Å². The van der Waals surface area contributed by atoms with E-state index >= 15 is 0 Å². The first-order chi connectivity index (χ1) is 9.43. The summed E-state index contributed by atoms with van der Waals surface area (Å²) in [5.74, 6) is 0. The number of aliphatic hydroxyl groups is 1. The van der Waals surface area contributed by atoms with Gasteiger partial charge in [-0.2, -0.15) is 18.4 Å². The molecule has 0 aliphatic heterocycles. The minimum absolute atomic E-state index is 0.330. The summed E-state index contributed by atoms with van der Waals surface area (Å²) in [6, 6.07) is 10.3. The van der Waals surface area contributed by atoms with E-state index in [2.05, 4.69) is 4.98 Å². The van der Waals surface area contributed by atoms with Gasteiger partial charge in [-0.05, 0) is 11.6 Å². The molecule has 1 atom stereocenters. The van der Waals surface area contributed by atoms with Crippen molar-refractivity contribution in [3.63, 3.8) is 0 Å². The highest BCUT2D eigenvalue weighted by molar-refractivity contribution is 5.67. The van der Waals surface area contributed by atoms with Crippen molar-refractivity contribution in [2.24, 2.45) is 0 Å². The van der Waals surface area contributed by atoms with Gasteiger partial charge in [-0.1, -0.05) is 30.3 Å². The van der Waals surface area contributed by atoms with Gasteiger partial charge in [0.15, 0.2) is 6.10 Å². The fourth-order valence-electron chi connectivity index (χ4n) is 1.79. The van der Waals surface area contributed by atoms with Gasteiger partial charge in [0.1, 0.15) is 5.69 Å². The first-order valence-corrected chi connectivity index (χ1v) is 5.63. The van der Waals surface area contributed by atoms with E-state index in [1.807, 2.05) is 0 Å². The molecule has 0 saturated carbocycles. The Morgan fingerprint density at radius 2 is 1.85 bits per heavy atom. The van der Waals surface area contributed by atoms with Gasteiger partial charge in [0.2, 0.25) is 0 Å². The minimum atomic E-state index is -4.50. The van der Waals surface area contributed by atoms with Crippen LogP contribution in [-0.2, 0) is 6.18 Å². The Morgan fingerprint density at radius 1 is 1.15 bits per heavy atom. The van der Waals surface area contributed by atoms with E-state index in [1.165, 1.54) is 6.07 Å². The van der Waals surface area contributed by atoms with Crippen molar-refractivity contribution in [2.45, 2.75) is 12.3 Å². The summed E-state index contributed by atoms with van der Waals surface area (Å²) in [5.41, 5.74) is 0.224. The molecular formula is C14H9F3N2O. The van der Waals surface area contributed by atoms with E-state index in [4.69, 9.17) is 5.26 Å². The van der Waals surface area contributed by atoms with E-state index in [1.54, 1.807) is 30.3 Å². The van der Waals surface area contributed by atoms with Gasteiger partial charge in [0.05, 0.1) is 6.07 Å². The van der Waals surface area contributed by atoms with Crippen LogP contribution in [0.1, 0.15) is 17.4 Å². The van der Waals surface area contributed by atoms with E-state index in [9.17, 15) is 18.3 Å². The number of benzene rings is 1. The molecular weight excluding hydrogens is 269 g/mol. The lowest BCUT2D eigenvalue weighted by molar-refractivity contribution is -0.141. The quantitative estimate of drug-likeness (QED) is 0.857. The van der Waals surface area contributed by atoms with Crippen LogP contribution < -0.4 is 0 Å². The van der Waals surface area contributed by atoms with Crippen LogP contribution in [0.2, 0.25) is 0 Å².